The van der Waals surface area contributed by atoms with Crippen LogP contribution in [0.4, 0.5) is 0 Å². The first-order chi connectivity index (χ1) is 17.8. The molecule has 37 heavy (non-hydrogen) atoms. The number of nitrogens with zero attached hydrogens (tertiary/aromatic N) is 3. The maximum absolute atomic E-state index is 13.3. The van der Waals surface area contributed by atoms with Crippen molar-refractivity contribution in [3.63, 3.8) is 0 Å². The smallest absolute Gasteiger partial charge is 0.267 e. The van der Waals surface area contributed by atoms with Crippen molar-refractivity contribution in [2.75, 3.05) is 0 Å². The topological polar surface area (TPSA) is 108 Å². The molecule has 3 aromatic carbocycles. The number of aromatic nitrogens is 3. The van der Waals surface area contributed by atoms with E-state index in [9.17, 15) is 14.4 Å². The minimum absolute atomic E-state index is 0.0230. The van der Waals surface area contributed by atoms with Crippen molar-refractivity contribution in [2.24, 2.45) is 5.73 Å². The van der Waals surface area contributed by atoms with Gasteiger partial charge in [0.2, 0.25) is 0 Å². The van der Waals surface area contributed by atoms with E-state index in [1.807, 2.05) is 55.5 Å². The summed E-state index contributed by atoms with van der Waals surface area (Å²) in [5, 5.41) is 0.540. The summed E-state index contributed by atoms with van der Waals surface area (Å²) in [7, 11) is 0. The molecule has 0 saturated heterocycles. The SMILES string of the molecule is CC(=O)c1ccc2c(c1)Cc1c(C(N)=O)ncc(-c3cccc(-n4cnc5ccccc5c4=O)c3C)c1-2. The van der Waals surface area contributed by atoms with Crippen molar-refractivity contribution >= 4 is 22.6 Å². The number of amides is 1. The first-order valence-electron chi connectivity index (χ1n) is 11.9. The number of carbonyl (C=O) groups is 2. The third kappa shape index (κ3) is 3.47. The normalized spacial score (nSPS) is 11.8. The van der Waals surface area contributed by atoms with E-state index >= 15 is 0 Å². The lowest BCUT2D eigenvalue weighted by molar-refractivity contribution is 0.0991. The summed E-state index contributed by atoms with van der Waals surface area (Å²) in [6.07, 6.45) is 3.67. The van der Waals surface area contributed by atoms with E-state index in [0.29, 0.717) is 28.6 Å². The molecule has 0 unspecified atom stereocenters. The molecule has 5 aromatic rings. The molecule has 0 spiro atoms. The van der Waals surface area contributed by atoms with Gasteiger partial charge < -0.3 is 5.73 Å². The lowest BCUT2D eigenvalue weighted by atomic mass is 9.91. The molecule has 1 aliphatic rings. The Bertz CT molecular complexity index is 1850. The predicted molar refractivity (Wildman–Crippen MR) is 142 cm³/mol. The molecule has 180 valence electrons. The third-order valence-electron chi connectivity index (χ3n) is 7.08. The highest BCUT2D eigenvalue weighted by Gasteiger charge is 2.29. The Balaban J connectivity index is 1.59. The molecule has 2 heterocycles. The van der Waals surface area contributed by atoms with Crippen LogP contribution in [0.25, 0.3) is 38.8 Å². The summed E-state index contributed by atoms with van der Waals surface area (Å²) in [6.45, 7) is 3.49. The Morgan fingerprint density at radius 1 is 0.946 bits per heavy atom. The average molecular weight is 487 g/mol. The number of hydrogen-bond donors (Lipinski definition) is 1. The Morgan fingerprint density at radius 2 is 1.76 bits per heavy atom. The van der Waals surface area contributed by atoms with Crippen LogP contribution in [0.5, 0.6) is 0 Å². The summed E-state index contributed by atoms with van der Waals surface area (Å²) in [5.41, 5.74) is 13.8. The van der Waals surface area contributed by atoms with Gasteiger partial charge in [0.1, 0.15) is 12.0 Å². The highest BCUT2D eigenvalue weighted by Crippen LogP contribution is 2.45. The molecule has 0 aliphatic heterocycles. The molecule has 1 amide bonds. The monoisotopic (exact) mass is 486 g/mol. The second kappa shape index (κ2) is 8.34. The van der Waals surface area contributed by atoms with Gasteiger partial charge in [-0.25, -0.2) is 4.98 Å². The summed E-state index contributed by atoms with van der Waals surface area (Å²) in [4.78, 5) is 46.5. The first-order valence-corrected chi connectivity index (χ1v) is 11.9. The van der Waals surface area contributed by atoms with Gasteiger partial charge in [0, 0.05) is 23.7 Å². The summed E-state index contributed by atoms with van der Waals surface area (Å²) >= 11 is 0. The van der Waals surface area contributed by atoms with E-state index in [-0.39, 0.29) is 17.0 Å². The molecule has 1 aliphatic carbocycles. The number of benzene rings is 3. The van der Waals surface area contributed by atoms with E-state index in [1.165, 1.54) is 6.92 Å². The minimum atomic E-state index is -0.596. The Kier molecular flexibility index (Phi) is 5.08. The van der Waals surface area contributed by atoms with Crippen molar-refractivity contribution in [3.05, 3.63) is 111 Å². The fourth-order valence-corrected chi connectivity index (χ4v) is 5.26. The van der Waals surface area contributed by atoms with Crippen molar-refractivity contribution in [2.45, 2.75) is 20.3 Å². The molecule has 0 saturated carbocycles. The van der Waals surface area contributed by atoms with E-state index in [4.69, 9.17) is 5.73 Å². The predicted octanol–water partition coefficient (Wildman–Crippen LogP) is 4.63. The fourth-order valence-electron chi connectivity index (χ4n) is 5.26. The number of nitrogens with two attached hydrogens (primary N) is 1. The zero-order valence-corrected chi connectivity index (χ0v) is 20.3. The number of para-hydroxylation sites is 1. The fraction of sp³-hybridized carbons (Fsp3) is 0.100. The number of rotatable bonds is 4. The maximum atomic E-state index is 13.3. The van der Waals surface area contributed by atoms with Gasteiger partial charge in [-0.1, -0.05) is 36.4 Å². The molecule has 2 aromatic heterocycles. The summed E-state index contributed by atoms with van der Waals surface area (Å²) < 4.78 is 1.56. The Morgan fingerprint density at radius 3 is 2.54 bits per heavy atom. The Labute approximate surface area is 212 Å². The number of primary amides is 1. The number of hydrogen-bond acceptors (Lipinski definition) is 5. The highest BCUT2D eigenvalue weighted by molar-refractivity contribution is 6.01. The molecule has 0 fully saturated rings. The Hall–Kier alpha value is -4.91. The number of carbonyl (C=O) groups excluding carboxylic acids is 2. The lowest BCUT2D eigenvalue weighted by Crippen LogP contribution is -2.19. The molecule has 0 atom stereocenters. The van der Waals surface area contributed by atoms with E-state index < -0.39 is 5.91 Å². The van der Waals surface area contributed by atoms with Crippen LogP contribution in [0.15, 0.2) is 78.0 Å². The van der Waals surface area contributed by atoms with Crippen LogP contribution in [-0.4, -0.2) is 26.2 Å². The largest absolute Gasteiger partial charge is 0.364 e. The van der Waals surface area contributed by atoms with E-state index in [2.05, 4.69) is 9.97 Å². The molecular formula is C30H22N4O3. The number of pyridine rings is 1. The van der Waals surface area contributed by atoms with Gasteiger partial charge in [-0.3, -0.25) is 23.9 Å². The number of Topliss-reactive ketones (excluding diaryl/α,β-unsaturated/α-hetero) is 1. The van der Waals surface area contributed by atoms with Gasteiger partial charge in [-0.05, 0) is 71.5 Å². The first kappa shape index (κ1) is 22.5. The van der Waals surface area contributed by atoms with Crippen molar-refractivity contribution in [1.82, 2.24) is 14.5 Å². The van der Waals surface area contributed by atoms with Crippen molar-refractivity contribution in [1.29, 1.82) is 0 Å². The van der Waals surface area contributed by atoms with Crippen LogP contribution >= 0.6 is 0 Å². The second-order valence-electron chi connectivity index (χ2n) is 9.23. The zero-order chi connectivity index (χ0) is 25.8. The number of ketones is 1. The minimum Gasteiger partial charge on any atom is -0.364 e. The van der Waals surface area contributed by atoms with Crippen molar-refractivity contribution in [3.8, 4) is 27.9 Å². The van der Waals surface area contributed by atoms with Gasteiger partial charge >= 0.3 is 0 Å². The summed E-state index contributed by atoms with van der Waals surface area (Å²) in [6, 6.07) is 18.6. The average Bonchev–Trinajstić information content (AvgIpc) is 3.28. The molecule has 7 heteroatoms. The van der Waals surface area contributed by atoms with E-state index in [0.717, 1.165) is 38.9 Å². The third-order valence-corrected chi connectivity index (χ3v) is 7.08. The molecule has 7 nitrogen and oxygen atoms in total. The molecule has 0 bridgehead atoms. The van der Waals surface area contributed by atoms with Gasteiger partial charge in [0.05, 0.1) is 16.6 Å². The molecule has 6 rings (SSSR count). The van der Waals surface area contributed by atoms with Crippen LogP contribution in [0.1, 0.15) is 44.5 Å². The number of fused-ring (bicyclic) bond motifs is 4. The molecular weight excluding hydrogens is 464 g/mol. The molecule has 0 radical (unpaired) electrons. The van der Waals surface area contributed by atoms with Gasteiger partial charge in [-0.2, -0.15) is 0 Å². The van der Waals surface area contributed by atoms with Gasteiger partial charge in [0.15, 0.2) is 5.78 Å². The summed E-state index contributed by atoms with van der Waals surface area (Å²) in [5.74, 6) is -0.619. The van der Waals surface area contributed by atoms with Crippen LogP contribution in [0, 0.1) is 6.92 Å². The standard InChI is InChI=1S/C30H22N4O3/c1-16-20(7-5-9-26(16)34-15-33-25-8-4-3-6-22(25)30(34)37)24-14-32-28(29(31)36)23-13-19-12-18(17(2)35)10-11-21(19)27(23)24/h3-12,14-15H,13H2,1-2H3,(H2,31,36). The second-order valence-corrected chi connectivity index (χ2v) is 9.23. The highest BCUT2D eigenvalue weighted by atomic mass is 16.1. The van der Waals surface area contributed by atoms with Gasteiger partial charge in [0.25, 0.3) is 11.5 Å². The lowest BCUT2D eigenvalue weighted by Gasteiger charge is -2.17. The van der Waals surface area contributed by atoms with Crippen LogP contribution in [0.3, 0.4) is 0 Å². The van der Waals surface area contributed by atoms with E-state index in [1.54, 1.807) is 29.2 Å². The van der Waals surface area contributed by atoms with Crippen LogP contribution in [-0.2, 0) is 6.42 Å². The molecule has 2 N–H and O–H groups in total. The van der Waals surface area contributed by atoms with Crippen molar-refractivity contribution < 1.29 is 9.59 Å². The maximum Gasteiger partial charge on any atom is 0.267 e. The van der Waals surface area contributed by atoms with Gasteiger partial charge in [-0.15, -0.1) is 0 Å². The quantitative estimate of drug-likeness (QED) is 0.366. The van der Waals surface area contributed by atoms with Crippen LogP contribution in [0.2, 0.25) is 0 Å². The van der Waals surface area contributed by atoms with Crippen LogP contribution < -0.4 is 11.3 Å². The zero-order valence-electron chi connectivity index (χ0n) is 20.3.